The molecule has 6 rings (SSSR count). The Morgan fingerprint density at radius 3 is 1.64 bits per heavy atom. The molecule has 6 heterocycles. The molecule has 6 aliphatic heterocycles. The summed E-state index contributed by atoms with van der Waals surface area (Å²) in [5, 5.41) is 17.6. The van der Waals surface area contributed by atoms with Crippen LogP contribution < -0.4 is 27.2 Å². The summed E-state index contributed by atoms with van der Waals surface area (Å²) < 4.78 is 24.5. The summed E-state index contributed by atoms with van der Waals surface area (Å²) in [6.07, 6.45) is 7.09. The Labute approximate surface area is 344 Å². The Hall–Kier alpha value is -5.93. The van der Waals surface area contributed by atoms with Gasteiger partial charge in [0.05, 0.1) is 33.4 Å². The first-order chi connectivity index (χ1) is 26.3. The molecule has 22 nitrogen and oxygen atoms in total. The first-order valence-electron chi connectivity index (χ1n) is 17.5. The summed E-state index contributed by atoms with van der Waals surface area (Å²) in [6, 6.07) is -0.727. The van der Waals surface area contributed by atoms with Crippen molar-refractivity contribution in [2.45, 2.75) is 96.8 Å². The molecule has 0 aromatic heterocycles. The van der Waals surface area contributed by atoms with E-state index in [2.05, 4.69) is 35.3 Å². The summed E-state index contributed by atoms with van der Waals surface area (Å²) in [5.41, 5.74) is 10.1. The zero-order valence-electron chi connectivity index (χ0n) is 33.3. The molecule has 0 unspecified atom stereocenters. The normalized spacial score (nSPS) is 25.0. The third-order valence-electron chi connectivity index (χ3n) is 8.19. The quantitative estimate of drug-likeness (QED) is 0.115. The van der Waals surface area contributed by atoms with Crippen LogP contribution in [0.25, 0.3) is 0 Å². The fraction of sp³-hybridized carbons (Fsp3) is 0.600. The molecule has 0 spiro atoms. The highest BCUT2D eigenvalue weighted by Crippen LogP contribution is 2.27. The van der Waals surface area contributed by atoms with Gasteiger partial charge < -0.3 is 50.9 Å². The molecular formula is C35H56ClN12O10-. The standard InChI is InChI=1S/2C13H20N4O4.C8H12N4O2.CH4.ClH/c1-13(2,3)21-12(19)17-8-6-5-7-16(11(18)20-4)9(8)15-10(17)14;1-13(2,3)21-11(18)16-10-14-8-6-5-7-17(9(8)15-10)12(19)20-4;1-14-8(13)12-4-2-3-5-6(12)11-7(9)10-5;;/h5-6,8-9H,7H2,1-4H3,(H2,14,15);5-6,8-9H,7H2,1-4H3,(H2,14,15,16,18);2-3,5-6H,4H2,1H3,(H3,9,10,11);1H4;1H/p-1/t2*8-,9+;5-,6+;;/m111../s1. The molecule has 0 bridgehead atoms. The minimum absolute atomic E-state index is 0. The second kappa shape index (κ2) is 20.0. The Balaban J connectivity index is 0.000000301. The number of hydrogen-bond acceptors (Lipinski definition) is 18. The van der Waals surface area contributed by atoms with Crippen molar-refractivity contribution in [1.29, 1.82) is 0 Å². The van der Waals surface area contributed by atoms with Crippen LogP contribution >= 0.6 is 12.4 Å². The molecule has 0 fully saturated rings. The minimum Gasteiger partial charge on any atom is -0.594 e. The SMILES string of the molecule is C.COC(=O)N1CC=C[C@@H]2[C@H]1N=C(N)N2C(=O)OC(C)(C)C.COC(=O)N1CC=C[C@H]2NC(N)=N[C@H]21.COC(=O)N1CC=C[C@H]2NC(N=C([O-])OC(C)(C)C)=N[C@H]21.Cl. The summed E-state index contributed by atoms with van der Waals surface area (Å²) in [5.74, 6) is 0.542. The van der Waals surface area contributed by atoms with E-state index >= 15 is 0 Å². The number of hydrogen-bond donors (Lipinski definition) is 4. The van der Waals surface area contributed by atoms with Crippen molar-refractivity contribution < 1.29 is 48.0 Å². The monoisotopic (exact) mass is 839 g/mol. The number of carbonyl (C=O) groups is 4. The Morgan fingerprint density at radius 2 is 1.16 bits per heavy atom. The van der Waals surface area contributed by atoms with Gasteiger partial charge in [-0.15, -0.1) is 12.4 Å². The lowest BCUT2D eigenvalue weighted by Crippen LogP contribution is -2.54. The van der Waals surface area contributed by atoms with Gasteiger partial charge in [0, 0.05) is 25.2 Å². The van der Waals surface area contributed by atoms with Gasteiger partial charge in [0.2, 0.25) is 11.9 Å². The third kappa shape index (κ3) is 12.0. The largest absolute Gasteiger partial charge is 0.594 e. The number of methoxy groups -OCH3 is 3. The van der Waals surface area contributed by atoms with Crippen molar-refractivity contribution in [2.24, 2.45) is 31.4 Å². The average molecular weight is 840 g/mol. The average Bonchev–Trinajstić information content (AvgIpc) is 3.82. The zero-order valence-corrected chi connectivity index (χ0v) is 34.1. The van der Waals surface area contributed by atoms with E-state index < -0.39 is 53.9 Å². The molecule has 0 saturated carbocycles. The fourth-order valence-corrected chi connectivity index (χ4v) is 5.93. The van der Waals surface area contributed by atoms with Gasteiger partial charge in [-0.05, 0) is 20.8 Å². The molecule has 0 aromatic rings. The van der Waals surface area contributed by atoms with Crippen LogP contribution in [0.3, 0.4) is 0 Å². The number of ether oxygens (including phenoxy) is 5. The van der Waals surface area contributed by atoms with Crippen LogP contribution in [0.2, 0.25) is 0 Å². The molecule has 58 heavy (non-hydrogen) atoms. The van der Waals surface area contributed by atoms with E-state index in [1.807, 2.05) is 24.3 Å². The number of nitrogens with one attached hydrogen (secondary N) is 2. The van der Waals surface area contributed by atoms with Crippen molar-refractivity contribution in [1.82, 2.24) is 30.2 Å². The van der Waals surface area contributed by atoms with Gasteiger partial charge in [0.15, 0.2) is 30.5 Å². The van der Waals surface area contributed by atoms with Crippen LogP contribution in [-0.4, -0.2) is 157 Å². The number of carbonyl (C=O) groups excluding carboxylic acids is 4. The molecule has 23 heteroatoms. The van der Waals surface area contributed by atoms with Gasteiger partial charge in [-0.3, -0.25) is 14.7 Å². The third-order valence-corrected chi connectivity index (χ3v) is 8.19. The van der Waals surface area contributed by atoms with Crippen LogP contribution in [0.5, 0.6) is 0 Å². The maximum Gasteiger partial charge on any atom is 0.417 e. The molecule has 0 aliphatic carbocycles. The van der Waals surface area contributed by atoms with Crippen LogP contribution in [0.15, 0.2) is 56.4 Å². The zero-order chi connectivity index (χ0) is 41.5. The van der Waals surface area contributed by atoms with Crippen molar-refractivity contribution in [3.05, 3.63) is 36.5 Å². The molecule has 6 N–H and O–H groups in total. The van der Waals surface area contributed by atoms with E-state index in [0.29, 0.717) is 25.6 Å². The highest BCUT2D eigenvalue weighted by Gasteiger charge is 2.45. The number of nitrogens with zero attached hydrogens (tertiary/aromatic N) is 8. The maximum absolute atomic E-state index is 12.2. The summed E-state index contributed by atoms with van der Waals surface area (Å²) in [7, 11) is 3.96. The van der Waals surface area contributed by atoms with Crippen LogP contribution in [0.1, 0.15) is 49.0 Å². The summed E-state index contributed by atoms with van der Waals surface area (Å²) in [4.78, 5) is 69.0. The smallest absolute Gasteiger partial charge is 0.417 e. The van der Waals surface area contributed by atoms with E-state index in [4.69, 9.17) is 30.4 Å². The predicted octanol–water partition coefficient (Wildman–Crippen LogP) is 0.990. The molecule has 0 radical (unpaired) electrons. The number of guanidine groups is 3. The summed E-state index contributed by atoms with van der Waals surface area (Å²) in [6.45, 7) is 11.8. The highest BCUT2D eigenvalue weighted by atomic mass is 35.5. The van der Waals surface area contributed by atoms with Crippen molar-refractivity contribution >= 4 is 60.7 Å². The van der Waals surface area contributed by atoms with E-state index in [1.54, 1.807) is 53.7 Å². The predicted molar refractivity (Wildman–Crippen MR) is 215 cm³/mol. The highest BCUT2D eigenvalue weighted by molar-refractivity contribution is 5.96. The van der Waals surface area contributed by atoms with Gasteiger partial charge in [-0.1, -0.05) is 64.7 Å². The lowest BCUT2D eigenvalue weighted by Gasteiger charge is -2.34. The second-order valence-electron chi connectivity index (χ2n) is 14.6. The Bertz CT molecular complexity index is 1720. The Morgan fingerprint density at radius 1 is 0.707 bits per heavy atom. The lowest BCUT2D eigenvalue weighted by atomic mass is 10.1. The van der Waals surface area contributed by atoms with E-state index in [1.165, 1.54) is 40.9 Å². The van der Waals surface area contributed by atoms with Gasteiger partial charge in [0.25, 0.3) is 0 Å². The van der Waals surface area contributed by atoms with Crippen molar-refractivity contribution in [2.75, 3.05) is 41.0 Å². The number of fused-ring (bicyclic) bond motifs is 3. The first kappa shape index (κ1) is 48.2. The number of aliphatic imine (C=N–C) groups is 4. The van der Waals surface area contributed by atoms with E-state index in [-0.39, 0.29) is 56.1 Å². The van der Waals surface area contributed by atoms with E-state index in [0.717, 1.165) is 0 Å². The number of nitrogens with two attached hydrogens (primary N) is 2. The molecule has 4 amide bonds. The van der Waals surface area contributed by atoms with Gasteiger partial charge in [-0.25, -0.2) is 39.1 Å². The molecular weight excluding hydrogens is 784 g/mol. The van der Waals surface area contributed by atoms with E-state index in [9.17, 15) is 24.3 Å². The lowest BCUT2D eigenvalue weighted by molar-refractivity contribution is -0.259. The van der Waals surface area contributed by atoms with Crippen LogP contribution in [0, 0.1) is 0 Å². The van der Waals surface area contributed by atoms with Crippen molar-refractivity contribution in [3.63, 3.8) is 0 Å². The molecule has 6 aliphatic rings. The van der Waals surface area contributed by atoms with Crippen LogP contribution in [-0.2, 0) is 23.7 Å². The first-order valence-corrected chi connectivity index (χ1v) is 17.5. The fourth-order valence-electron chi connectivity index (χ4n) is 5.93. The number of rotatable bonds is 0. The van der Waals surface area contributed by atoms with Crippen LogP contribution in [0.4, 0.5) is 19.2 Å². The van der Waals surface area contributed by atoms with Gasteiger partial charge >= 0.3 is 24.4 Å². The molecule has 6 atom stereocenters. The second-order valence-corrected chi connectivity index (χ2v) is 14.6. The topological polar surface area (TPSA) is 276 Å². The number of amides is 4. The number of halogens is 1. The maximum atomic E-state index is 12.2. The summed E-state index contributed by atoms with van der Waals surface area (Å²) >= 11 is 0. The van der Waals surface area contributed by atoms with Gasteiger partial charge in [0.1, 0.15) is 11.6 Å². The minimum atomic E-state index is -0.721. The van der Waals surface area contributed by atoms with Crippen molar-refractivity contribution in [3.8, 4) is 0 Å². The molecule has 0 saturated heterocycles. The van der Waals surface area contributed by atoms with Gasteiger partial charge in [-0.2, -0.15) is 4.99 Å². The molecule has 0 aromatic carbocycles. The molecule has 324 valence electrons. The Kier molecular flexibility index (Phi) is 16.6.